The number of carboxylic acids is 1. The molecule has 0 spiro atoms. The van der Waals surface area contributed by atoms with Crippen molar-refractivity contribution in [2.75, 3.05) is 11.9 Å². The fourth-order valence-electron chi connectivity index (χ4n) is 2.51. The summed E-state index contributed by atoms with van der Waals surface area (Å²) < 4.78 is 12.6. The van der Waals surface area contributed by atoms with Crippen LogP contribution in [0.4, 0.5) is 5.82 Å². The van der Waals surface area contributed by atoms with Crippen LogP contribution in [0.5, 0.6) is 0 Å². The lowest BCUT2D eigenvalue weighted by Gasteiger charge is -2.18. The molecule has 1 heterocycles. The van der Waals surface area contributed by atoms with Gasteiger partial charge in [-0.3, -0.25) is 9.36 Å². The van der Waals surface area contributed by atoms with E-state index in [1.165, 1.54) is 6.20 Å². The summed E-state index contributed by atoms with van der Waals surface area (Å²) in [6.45, 7) is 0. The number of carboxylic acid groups (broad SMARTS) is 1. The molecule has 0 fully saturated rings. The Kier molecular flexibility index (Phi) is 5.92. The van der Waals surface area contributed by atoms with Crippen LogP contribution in [0.1, 0.15) is 16.7 Å². The number of rotatable bonds is 7. The smallest absolute Gasteiger partial charge is 0.307 e. The van der Waals surface area contributed by atoms with E-state index in [0.717, 1.165) is 0 Å². The molecular formula is C17H18N3O4P. The SMILES string of the molecule is N#Cc1ccccc1CP(=O)(O)CC(Cc1ccc(N)nc1)C(=O)O. The van der Waals surface area contributed by atoms with Gasteiger partial charge in [0.2, 0.25) is 7.37 Å². The molecule has 0 bridgehead atoms. The molecule has 0 amide bonds. The lowest BCUT2D eigenvalue weighted by Crippen LogP contribution is -2.21. The van der Waals surface area contributed by atoms with Gasteiger partial charge in [0.15, 0.2) is 0 Å². The van der Waals surface area contributed by atoms with Crippen molar-refractivity contribution in [3.05, 3.63) is 59.3 Å². The number of hydrogen-bond donors (Lipinski definition) is 3. The molecule has 0 saturated carbocycles. The second-order valence-corrected chi connectivity index (χ2v) is 8.16. The highest BCUT2D eigenvalue weighted by molar-refractivity contribution is 7.57. The molecule has 2 atom stereocenters. The number of aliphatic carboxylic acids is 1. The second kappa shape index (κ2) is 7.93. The summed E-state index contributed by atoms with van der Waals surface area (Å²) in [5, 5.41) is 18.5. The molecule has 8 heteroatoms. The Hall–Kier alpha value is -2.68. The zero-order valence-corrected chi connectivity index (χ0v) is 14.3. The summed E-state index contributed by atoms with van der Waals surface area (Å²) in [5.41, 5.74) is 6.87. The van der Waals surface area contributed by atoms with Crippen molar-refractivity contribution < 1.29 is 19.4 Å². The number of nitrogen functional groups attached to an aromatic ring is 1. The lowest BCUT2D eigenvalue weighted by atomic mass is 10.0. The van der Waals surface area contributed by atoms with Crippen LogP contribution in [0.25, 0.3) is 0 Å². The minimum absolute atomic E-state index is 0.0764. The zero-order valence-electron chi connectivity index (χ0n) is 13.4. The third kappa shape index (κ3) is 5.42. The van der Waals surface area contributed by atoms with Crippen molar-refractivity contribution in [2.24, 2.45) is 5.92 Å². The number of aromatic nitrogens is 1. The number of nitrogens with two attached hydrogens (primary N) is 1. The molecule has 2 aromatic rings. The van der Waals surface area contributed by atoms with Gasteiger partial charge in [0.05, 0.1) is 23.7 Å². The van der Waals surface area contributed by atoms with Crippen molar-refractivity contribution in [3.8, 4) is 6.07 Å². The van der Waals surface area contributed by atoms with Crippen LogP contribution in [-0.2, 0) is 21.9 Å². The number of benzene rings is 1. The van der Waals surface area contributed by atoms with Gasteiger partial charge in [-0.05, 0) is 29.7 Å². The molecule has 2 unspecified atom stereocenters. The topological polar surface area (TPSA) is 137 Å². The molecule has 0 aliphatic rings. The maximum absolute atomic E-state index is 12.6. The average Bonchev–Trinajstić information content (AvgIpc) is 2.56. The summed E-state index contributed by atoms with van der Waals surface area (Å²) in [6, 6.07) is 11.7. The zero-order chi connectivity index (χ0) is 18.4. The minimum atomic E-state index is -3.79. The van der Waals surface area contributed by atoms with Crippen molar-refractivity contribution in [1.82, 2.24) is 4.98 Å². The number of nitriles is 1. The van der Waals surface area contributed by atoms with Crippen LogP contribution in [0.2, 0.25) is 0 Å². The van der Waals surface area contributed by atoms with E-state index in [-0.39, 0.29) is 18.7 Å². The maximum Gasteiger partial charge on any atom is 0.307 e. The van der Waals surface area contributed by atoms with E-state index < -0.39 is 19.3 Å². The Morgan fingerprint density at radius 3 is 2.64 bits per heavy atom. The molecule has 25 heavy (non-hydrogen) atoms. The highest BCUT2D eigenvalue weighted by Crippen LogP contribution is 2.47. The van der Waals surface area contributed by atoms with Gasteiger partial charge in [0.25, 0.3) is 0 Å². The van der Waals surface area contributed by atoms with E-state index >= 15 is 0 Å². The number of anilines is 1. The van der Waals surface area contributed by atoms with Crippen LogP contribution >= 0.6 is 7.37 Å². The highest BCUT2D eigenvalue weighted by Gasteiger charge is 2.30. The van der Waals surface area contributed by atoms with E-state index in [4.69, 9.17) is 11.0 Å². The van der Waals surface area contributed by atoms with Crippen molar-refractivity contribution in [2.45, 2.75) is 12.6 Å². The number of carbonyl (C=O) groups is 1. The van der Waals surface area contributed by atoms with Gasteiger partial charge in [-0.2, -0.15) is 5.26 Å². The number of hydrogen-bond acceptors (Lipinski definition) is 5. The first-order valence-electron chi connectivity index (χ1n) is 7.53. The molecule has 4 N–H and O–H groups in total. The fraction of sp³-hybridized carbons (Fsp3) is 0.235. The molecule has 0 saturated heterocycles. The van der Waals surface area contributed by atoms with Crippen LogP contribution in [-0.4, -0.2) is 27.1 Å². The van der Waals surface area contributed by atoms with Crippen molar-refractivity contribution >= 4 is 19.2 Å². The second-order valence-electron chi connectivity index (χ2n) is 5.79. The van der Waals surface area contributed by atoms with Crippen LogP contribution in [0.15, 0.2) is 42.6 Å². The van der Waals surface area contributed by atoms with Gasteiger partial charge >= 0.3 is 5.97 Å². The first-order valence-corrected chi connectivity index (χ1v) is 9.56. The van der Waals surface area contributed by atoms with Gasteiger partial charge in [-0.25, -0.2) is 4.98 Å². The average molecular weight is 359 g/mol. The monoisotopic (exact) mass is 359 g/mol. The Labute approximate surface area is 145 Å². The first-order chi connectivity index (χ1) is 11.8. The van der Waals surface area contributed by atoms with E-state index in [9.17, 15) is 19.4 Å². The molecule has 7 nitrogen and oxygen atoms in total. The summed E-state index contributed by atoms with van der Waals surface area (Å²) in [5.74, 6) is -1.87. The standard InChI is InChI=1S/C17H18N3O4P/c18-8-13-3-1-2-4-14(13)10-25(23,24)11-15(17(21)22)7-12-5-6-16(19)20-9-12/h1-6,9,15H,7,10-11H2,(H2,19,20)(H,21,22)(H,23,24). The molecule has 0 aliphatic heterocycles. The van der Waals surface area contributed by atoms with Gasteiger partial charge < -0.3 is 15.7 Å². The number of pyridine rings is 1. The molecule has 0 aliphatic carbocycles. The molecule has 0 radical (unpaired) electrons. The van der Waals surface area contributed by atoms with Crippen LogP contribution < -0.4 is 5.73 Å². The third-order valence-corrected chi connectivity index (χ3v) is 5.59. The maximum atomic E-state index is 12.6. The first kappa shape index (κ1) is 18.7. The molecular weight excluding hydrogens is 341 g/mol. The predicted molar refractivity (Wildman–Crippen MR) is 93.0 cm³/mol. The van der Waals surface area contributed by atoms with Crippen LogP contribution in [0.3, 0.4) is 0 Å². The van der Waals surface area contributed by atoms with Gasteiger partial charge in [0, 0.05) is 12.4 Å². The Balaban J connectivity index is 2.14. The molecule has 1 aromatic heterocycles. The Morgan fingerprint density at radius 1 is 1.32 bits per heavy atom. The van der Waals surface area contributed by atoms with E-state index in [2.05, 4.69) is 4.98 Å². The quantitative estimate of drug-likeness (QED) is 0.645. The predicted octanol–water partition coefficient (Wildman–Crippen LogP) is 2.25. The van der Waals surface area contributed by atoms with Crippen molar-refractivity contribution in [3.63, 3.8) is 0 Å². The number of nitrogens with zero attached hydrogens (tertiary/aromatic N) is 2. The normalized spacial score (nSPS) is 14.2. The highest BCUT2D eigenvalue weighted by atomic mass is 31.2. The fourth-order valence-corrected chi connectivity index (χ4v) is 4.42. The van der Waals surface area contributed by atoms with E-state index in [1.807, 2.05) is 6.07 Å². The molecule has 2 rings (SSSR count). The minimum Gasteiger partial charge on any atom is -0.481 e. The third-order valence-electron chi connectivity index (χ3n) is 3.74. The van der Waals surface area contributed by atoms with E-state index in [1.54, 1.807) is 36.4 Å². The summed E-state index contributed by atoms with van der Waals surface area (Å²) in [4.78, 5) is 25.7. The van der Waals surface area contributed by atoms with Gasteiger partial charge in [-0.1, -0.05) is 24.3 Å². The molecule has 130 valence electrons. The lowest BCUT2D eigenvalue weighted by molar-refractivity contribution is -0.141. The summed E-state index contributed by atoms with van der Waals surface area (Å²) in [6.07, 6.45) is 0.915. The Morgan fingerprint density at radius 2 is 2.04 bits per heavy atom. The van der Waals surface area contributed by atoms with Crippen LogP contribution in [0, 0.1) is 17.2 Å². The molecule has 1 aromatic carbocycles. The van der Waals surface area contributed by atoms with Gasteiger partial charge in [0.1, 0.15) is 5.82 Å². The van der Waals surface area contributed by atoms with E-state index in [0.29, 0.717) is 22.5 Å². The largest absolute Gasteiger partial charge is 0.481 e. The summed E-state index contributed by atoms with van der Waals surface area (Å²) in [7, 11) is -3.79. The van der Waals surface area contributed by atoms with Crippen molar-refractivity contribution in [1.29, 1.82) is 5.26 Å². The van der Waals surface area contributed by atoms with Gasteiger partial charge in [-0.15, -0.1) is 0 Å². The Bertz CT molecular complexity index is 846. The summed E-state index contributed by atoms with van der Waals surface area (Å²) >= 11 is 0.